The van der Waals surface area contributed by atoms with Crippen LogP contribution < -0.4 is 5.32 Å². The first-order chi connectivity index (χ1) is 9.06. The molecule has 2 aromatic heterocycles. The molecule has 0 aliphatic carbocycles. The second kappa shape index (κ2) is 6.04. The molecule has 2 aromatic rings. The SMILES string of the molecule is CC(Cn1ccnc1)NC(=O)c1ccc(Cl)nc1Cl. The quantitative estimate of drug-likeness (QED) is 0.882. The average molecular weight is 299 g/mol. The lowest BCUT2D eigenvalue weighted by Crippen LogP contribution is -2.35. The van der Waals surface area contributed by atoms with Gasteiger partial charge >= 0.3 is 0 Å². The number of pyridine rings is 1. The van der Waals surface area contributed by atoms with Crippen molar-refractivity contribution in [3.05, 3.63) is 46.7 Å². The molecule has 1 unspecified atom stereocenters. The number of hydrogen-bond donors (Lipinski definition) is 1. The van der Waals surface area contributed by atoms with Gasteiger partial charge in [-0.15, -0.1) is 0 Å². The van der Waals surface area contributed by atoms with Crippen LogP contribution in [0, 0.1) is 0 Å². The molecule has 0 aliphatic rings. The summed E-state index contributed by atoms with van der Waals surface area (Å²) >= 11 is 11.6. The van der Waals surface area contributed by atoms with E-state index >= 15 is 0 Å². The number of aromatic nitrogens is 3. The van der Waals surface area contributed by atoms with Crippen molar-refractivity contribution in [2.24, 2.45) is 0 Å². The predicted octanol–water partition coefficient (Wildman–Crippen LogP) is 2.40. The lowest BCUT2D eigenvalue weighted by atomic mass is 10.2. The molecule has 0 aromatic carbocycles. The number of imidazole rings is 1. The smallest absolute Gasteiger partial charge is 0.254 e. The third kappa shape index (κ3) is 3.68. The van der Waals surface area contributed by atoms with Crippen molar-refractivity contribution in [1.29, 1.82) is 0 Å². The summed E-state index contributed by atoms with van der Waals surface area (Å²) in [5, 5.41) is 3.19. The van der Waals surface area contributed by atoms with E-state index in [0.29, 0.717) is 12.1 Å². The molecule has 0 fully saturated rings. The lowest BCUT2D eigenvalue weighted by molar-refractivity contribution is 0.0936. The van der Waals surface area contributed by atoms with Gasteiger partial charge in [0.05, 0.1) is 11.9 Å². The number of halogens is 2. The van der Waals surface area contributed by atoms with Crippen LogP contribution in [0.2, 0.25) is 10.3 Å². The zero-order valence-electron chi connectivity index (χ0n) is 10.2. The van der Waals surface area contributed by atoms with Crippen LogP contribution in [0.25, 0.3) is 0 Å². The second-order valence-electron chi connectivity index (χ2n) is 4.11. The number of amides is 1. The maximum absolute atomic E-state index is 12.0. The number of rotatable bonds is 4. The maximum Gasteiger partial charge on any atom is 0.254 e. The van der Waals surface area contributed by atoms with Crippen LogP contribution in [-0.4, -0.2) is 26.5 Å². The van der Waals surface area contributed by atoms with Crippen LogP contribution in [0.1, 0.15) is 17.3 Å². The molecule has 0 saturated heterocycles. The highest BCUT2D eigenvalue weighted by Gasteiger charge is 2.14. The fourth-order valence-electron chi connectivity index (χ4n) is 1.64. The number of carbonyl (C=O) groups is 1. The van der Waals surface area contributed by atoms with Gasteiger partial charge in [0.25, 0.3) is 5.91 Å². The highest BCUT2D eigenvalue weighted by Crippen LogP contribution is 2.16. The molecule has 2 rings (SSSR count). The highest BCUT2D eigenvalue weighted by molar-refractivity contribution is 6.34. The molecule has 5 nitrogen and oxygen atoms in total. The maximum atomic E-state index is 12.0. The van der Waals surface area contributed by atoms with E-state index in [1.807, 2.05) is 17.7 Å². The monoisotopic (exact) mass is 298 g/mol. The second-order valence-corrected chi connectivity index (χ2v) is 4.85. The molecule has 0 spiro atoms. The molecule has 2 heterocycles. The van der Waals surface area contributed by atoms with Gasteiger partial charge < -0.3 is 9.88 Å². The van der Waals surface area contributed by atoms with Crippen molar-refractivity contribution in [2.45, 2.75) is 19.5 Å². The van der Waals surface area contributed by atoms with Gasteiger partial charge in [0.1, 0.15) is 10.3 Å². The van der Waals surface area contributed by atoms with Gasteiger partial charge in [0, 0.05) is 25.0 Å². The fraction of sp³-hybridized carbons (Fsp3) is 0.250. The molecule has 1 N–H and O–H groups in total. The van der Waals surface area contributed by atoms with Crippen LogP contribution in [0.4, 0.5) is 0 Å². The highest BCUT2D eigenvalue weighted by atomic mass is 35.5. The summed E-state index contributed by atoms with van der Waals surface area (Å²) in [6, 6.07) is 3.02. The number of nitrogens with zero attached hydrogens (tertiary/aromatic N) is 3. The first-order valence-corrected chi connectivity index (χ1v) is 6.40. The molecule has 7 heteroatoms. The van der Waals surface area contributed by atoms with Crippen LogP contribution in [0.3, 0.4) is 0 Å². The zero-order chi connectivity index (χ0) is 13.8. The normalized spacial score (nSPS) is 12.2. The van der Waals surface area contributed by atoms with E-state index in [0.717, 1.165) is 0 Å². The van der Waals surface area contributed by atoms with E-state index in [-0.39, 0.29) is 22.3 Å². The summed E-state index contributed by atoms with van der Waals surface area (Å²) in [6.45, 7) is 2.53. The van der Waals surface area contributed by atoms with Crippen molar-refractivity contribution >= 4 is 29.1 Å². The molecule has 19 heavy (non-hydrogen) atoms. The van der Waals surface area contributed by atoms with E-state index in [4.69, 9.17) is 23.2 Å². The minimum absolute atomic E-state index is 0.0616. The van der Waals surface area contributed by atoms with E-state index in [2.05, 4.69) is 15.3 Å². The van der Waals surface area contributed by atoms with Crippen molar-refractivity contribution < 1.29 is 4.79 Å². The minimum Gasteiger partial charge on any atom is -0.348 e. The Hall–Kier alpha value is -1.59. The largest absolute Gasteiger partial charge is 0.348 e. The molecule has 0 radical (unpaired) electrons. The summed E-state index contributed by atoms with van der Waals surface area (Å²) < 4.78 is 1.88. The van der Waals surface area contributed by atoms with Gasteiger partial charge in [-0.25, -0.2) is 9.97 Å². The molecule has 0 aliphatic heterocycles. The number of hydrogen-bond acceptors (Lipinski definition) is 3. The topological polar surface area (TPSA) is 59.8 Å². The van der Waals surface area contributed by atoms with Gasteiger partial charge in [0.2, 0.25) is 0 Å². The molecule has 0 saturated carbocycles. The van der Waals surface area contributed by atoms with Crippen molar-refractivity contribution in [3.8, 4) is 0 Å². The molecular weight excluding hydrogens is 287 g/mol. The Kier molecular flexibility index (Phi) is 4.39. The summed E-state index contributed by atoms with van der Waals surface area (Å²) in [5.41, 5.74) is 0.309. The summed E-state index contributed by atoms with van der Waals surface area (Å²) in [4.78, 5) is 19.8. The summed E-state index contributed by atoms with van der Waals surface area (Å²) in [6.07, 6.45) is 5.22. The Morgan fingerprint density at radius 3 is 2.89 bits per heavy atom. The lowest BCUT2D eigenvalue weighted by Gasteiger charge is -2.14. The minimum atomic E-state index is -0.276. The predicted molar refractivity (Wildman–Crippen MR) is 73.4 cm³/mol. The van der Waals surface area contributed by atoms with E-state index in [1.54, 1.807) is 18.6 Å². The number of carbonyl (C=O) groups excluding carboxylic acids is 1. The van der Waals surface area contributed by atoms with Gasteiger partial charge in [-0.1, -0.05) is 23.2 Å². The van der Waals surface area contributed by atoms with Gasteiger partial charge in [-0.05, 0) is 19.1 Å². The first-order valence-electron chi connectivity index (χ1n) is 5.65. The van der Waals surface area contributed by atoms with Gasteiger partial charge in [-0.3, -0.25) is 4.79 Å². The molecular formula is C12H12Cl2N4O. The van der Waals surface area contributed by atoms with Crippen molar-refractivity contribution in [1.82, 2.24) is 19.9 Å². The Balaban J connectivity index is 2.00. The summed E-state index contributed by atoms with van der Waals surface area (Å²) in [5.74, 6) is -0.276. The van der Waals surface area contributed by atoms with Crippen LogP contribution in [0.15, 0.2) is 30.9 Å². The first kappa shape index (κ1) is 13.8. The summed E-state index contributed by atoms with van der Waals surface area (Å²) in [7, 11) is 0. The average Bonchev–Trinajstić information content (AvgIpc) is 2.81. The molecule has 1 atom stereocenters. The van der Waals surface area contributed by atoms with Gasteiger partial charge in [-0.2, -0.15) is 0 Å². The third-order valence-electron chi connectivity index (χ3n) is 2.48. The molecule has 100 valence electrons. The molecule has 1 amide bonds. The van der Waals surface area contributed by atoms with Gasteiger partial charge in [0.15, 0.2) is 0 Å². The molecule has 0 bridgehead atoms. The van der Waals surface area contributed by atoms with E-state index in [1.165, 1.54) is 6.07 Å². The van der Waals surface area contributed by atoms with Crippen LogP contribution in [-0.2, 0) is 6.54 Å². The van der Waals surface area contributed by atoms with Crippen LogP contribution >= 0.6 is 23.2 Å². The third-order valence-corrected chi connectivity index (χ3v) is 2.98. The fourth-order valence-corrected chi connectivity index (χ4v) is 2.07. The Bertz CT molecular complexity index is 571. The Morgan fingerprint density at radius 2 is 2.26 bits per heavy atom. The Morgan fingerprint density at radius 1 is 1.47 bits per heavy atom. The van der Waals surface area contributed by atoms with E-state index in [9.17, 15) is 4.79 Å². The van der Waals surface area contributed by atoms with Crippen LogP contribution in [0.5, 0.6) is 0 Å². The zero-order valence-corrected chi connectivity index (χ0v) is 11.7. The van der Waals surface area contributed by atoms with Crippen molar-refractivity contribution in [2.75, 3.05) is 0 Å². The van der Waals surface area contributed by atoms with Crippen molar-refractivity contribution in [3.63, 3.8) is 0 Å². The van der Waals surface area contributed by atoms with E-state index < -0.39 is 0 Å². The standard InChI is InChI=1S/C12H12Cl2N4O/c1-8(6-18-5-4-15-7-18)16-12(19)9-2-3-10(13)17-11(9)14/h2-5,7-8H,6H2,1H3,(H,16,19). The number of nitrogens with one attached hydrogen (secondary N) is 1. The Labute approximate surface area is 120 Å².